The highest BCUT2D eigenvalue weighted by Crippen LogP contribution is 2.41. The topological polar surface area (TPSA) is 15.3 Å². The Morgan fingerprint density at radius 2 is 2.21 bits per heavy atom. The second kappa shape index (κ2) is 5.90. The van der Waals surface area contributed by atoms with Gasteiger partial charge in [0.25, 0.3) is 0 Å². The predicted octanol–water partition coefficient (Wildman–Crippen LogP) is 4.33. The first-order valence-corrected chi connectivity index (χ1v) is 8.66. The van der Waals surface area contributed by atoms with Crippen LogP contribution in [-0.4, -0.2) is 30.1 Å². The Morgan fingerprint density at radius 1 is 1.42 bits per heavy atom. The lowest BCUT2D eigenvalue weighted by Gasteiger charge is -2.31. The van der Waals surface area contributed by atoms with E-state index in [4.69, 9.17) is 23.2 Å². The van der Waals surface area contributed by atoms with E-state index >= 15 is 0 Å². The number of hydrogen-bond donors (Lipinski definition) is 1. The maximum absolute atomic E-state index is 6.32. The predicted molar refractivity (Wildman–Crippen MR) is 83.5 cm³/mol. The molecular formula is C14H20Cl2N2S. The van der Waals surface area contributed by atoms with Crippen LogP contribution in [0, 0.1) is 0 Å². The van der Waals surface area contributed by atoms with Crippen molar-refractivity contribution in [2.75, 3.05) is 13.1 Å². The van der Waals surface area contributed by atoms with Gasteiger partial charge in [-0.2, -0.15) is 0 Å². The van der Waals surface area contributed by atoms with Crippen LogP contribution in [0.4, 0.5) is 0 Å². The Morgan fingerprint density at radius 3 is 2.74 bits per heavy atom. The van der Waals surface area contributed by atoms with E-state index in [1.54, 1.807) is 0 Å². The fraction of sp³-hybridized carbons (Fsp3) is 0.714. The summed E-state index contributed by atoms with van der Waals surface area (Å²) in [6.07, 6.45) is 5.26. The van der Waals surface area contributed by atoms with Gasteiger partial charge in [-0.15, -0.1) is 11.3 Å². The standard InChI is InChI=1S/C14H20Cl2N2S/c1-9(12-7-13(15)19-14(12)16)18(11-4-5-11)8-10-3-2-6-17-10/h7,9-11,17H,2-6,8H2,1H3. The minimum Gasteiger partial charge on any atom is -0.313 e. The van der Waals surface area contributed by atoms with Crippen molar-refractivity contribution in [3.8, 4) is 0 Å². The molecule has 0 spiro atoms. The van der Waals surface area contributed by atoms with Gasteiger partial charge in [0.2, 0.25) is 0 Å². The molecule has 1 aromatic heterocycles. The van der Waals surface area contributed by atoms with Crippen molar-refractivity contribution in [3.05, 3.63) is 20.3 Å². The molecule has 2 heterocycles. The van der Waals surface area contributed by atoms with Crippen LogP contribution in [0.25, 0.3) is 0 Å². The van der Waals surface area contributed by atoms with Gasteiger partial charge < -0.3 is 5.32 Å². The Labute approximate surface area is 129 Å². The van der Waals surface area contributed by atoms with Gasteiger partial charge in [0.1, 0.15) is 0 Å². The lowest BCUT2D eigenvalue weighted by atomic mass is 10.1. The van der Waals surface area contributed by atoms with E-state index in [-0.39, 0.29) is 0 Å². The van der Waals surface area contributed by atoms with Gasteiger partial charge >= 0.3 is 0 Å². The highest BCUT2D eigenvalue weighted by molar-refractivity contribution is 7.20. The molecule has 1 aromatic rings. The largest absolute Gasteiger partial charge is 0.313 e. The molecule has 5 heteroatoms. The lowest BCUT2D eigenvalue weighted by molar-refractivity contribution is 0.182. The summed E-state index contributed by atoms with van der Waals surface area (Å²) in [5.74, 6) is 0. The van der Waals surface area contributed by atoms with Crippen LogP contribution in [0.1, 0.15) is 44.2 Å². The van der Waals surface area contributed by atoms with Crippen molar-refractivity contribution in [2.24, 2.45) is 0 Å². The summed E-state index contributed by atoms with van der Waals surface area (Å²) in [5, 5.41) is 3.60. The first-order chi connectivity index (χ1) is 9.15. The van der Waals surface area contributed by atoms with Crippen molar-refractivity contribution in [1.29, 1.82) is 0 Å². The van der Waals surface area contributed by atoms with E-state index in [9.17, 15) is 0 Å². The van der Waals surface area contributed by atoms with Gasteiger partial charge in [-0.1, -0.05) is 23.2 Å². The molecule has 1 aliphatic heterocycles. The van der Waals surface area contributed by atoms with Crippen LogP contribution >= 0.6 is 34.5 Å². The summed E-state index contributed by atoms with van der Waals surface area (Å²) in [4.78, 5) is 2.62. The van der Waals surface area contributed by atoms with Crippen LogP contribution in [-0.2, 0) is 0 Å². The molecule has 0 aromatic carbocycles. The van der Waals surface area contributed by atoms with Crippen LogP contribution < -0.4 is 5.32 Å². The Hall–Kier alpha value is 0.200. The van der Waals surface area contributed by atoms with Crippen molar-refractivity contribution in [3.63, 3.8) is 0 Å². The van der Waals surface area contributed by atoms with Gasteiger partial charge in [0.05, 0.1) is 8.67 Å². The van der Waals surface area contributed by atoms with E-state index in [2.05, 4.69) is 17.1 Å². The number of rotatable bonds is 5. The molecule has 2 aliphatic rings. The van der Waals surface area contributed by atoms with E-state index in [1.165, 1.54) is 49.1 Å². The summed E-state index contributed by atoms with van der Waals surface area (Å²) in [6.45, 7) is 4.57. The number of hydrogen-bond acceptors (Lipinski definition) is 3. The maximum atomic E-state index is 6.32. The molecule has 1 N–H and O–H groups in total. The third-order valence-corrected chi connectivity index (χ3v) is 5.76. The molecule has 0 bridgehead atoms. The molecule has 1 aliphatic carbocycles. The molecule has 2 fully saturated rings. The van der Waals surface area contributed by atoms with E-state index in [0.717, 1.165) is 21.3 Å². The summed E-state index contributed by atoms with van der Waals surface area (Å²) in [5.41, 5.74) is 1.20. The number of nitrogens with zero attached hydrogens (tertiary/aromatic N) is 1. The van der Waals surface area contributed by atoms with Crippen molar-refractivity contribution in [2.45, 2.75) is 50.7 Å². The lowest BCUT2D eigenvalue weighted by Crippen LogP contribution is -2.40. The third kappa shape index (κ3) is 3.27. The first-order valence-electron chi connectivity index (χ1n) is 7.09. The minimum atomic E-state index is 0.367. The fourth-order valence-electron chi connectivity index (χ4n) is 3.01. The summed E-state index contributed by atoms with van der Waals surface area (Å²) in [6, 6.07) is 3.80. The van der Waals surface area contributed by atoms with E-state index in [1.807, 2.05) is 6.07 Å². The average Bonchev–Trinajstić information content (AvgIpc) is 2.97. The van der Waals surface area contributed by atoms with Gasteiger partial charge in [-0.25, -0.2) is 0 Å². The van der Waals surface area contributed by atoms with Crippen molar-refractivity contribution < 1.29 is 0 Å². The molecule has 0 amide bonds. The minimum absolute atomic E-state index is 0.367. The zero-order valence-electron chi connectivity index (χ0n) is 11.2. The van der Waals surface area contributed by atoms with E-state index < -0.39 is 0 Å². The van der Waals surface area contributed by atoms with Gasteiger partial charge in [0.15, 0.2) is 0 Å². The molecule has 0 radical (unpaired) electrons. The van der Waals surface area contributed by atoms with Crippen molar-refractivity contribution >= 4 is 34.5 Å². The quantitative estimate of drug-likeness (QED) is 0.869. The summed E-state index contributed by atoms with van der Waals surface area (Å²) in [7, 11) is 0. The third-order valence-electron chi connectivity index (χ3n) is 4.24. The monoisotopic (exact) mass is 318 g/mol. The molecule has 1 saturated carbocycles. The summed E-state index contributed by atoms with van der Waals surface area (Å²) < 4.78 is 1.64. The maximum Gasteiger partial charge on any atom is 0.0991 e. The van der Waals surface area contributed by atoms with Gasteiger partial charge in [0, 0.05) is 30.2 Å². The van der Waals surface area contributed by atoms with Crippen LogP contribution in [0.5, 0.6) is 0 Å². The molecule has 106 valence electrons. The fourth-order valence-corrected chi connectivity index (χ4v) is 4.65. The first kappa shape index (κ1) is 14.2. The molecule has 2 unspecified atom stereocenters. The SMILES string of the molecule is CC(c1cc(Cl)sc1Cl)N(CC1CCCN1)C1CC1. The average molecular weight is 319 g/mol. The molecule has 2 atom stereocenters. The zero-order chi connectivity index (χ0) is 13.4. The molecule has 3 rings (SSSR count). The summed E-state index contributed by atoms with van der Waals surface area (Å²) >= 11 is 13.9. The molecular weight excluding hydrogens is 299 g/mol. The second-order valence-corrected chi connectivity index (χ2v) is 7.96. The van der Waals surface area contributed by atoms with Crippen LogP contribution in [0.15, 0.2) is 6.07 Å². The van der Waals surface area contributed by atoms with E-state index in [0.29, 0.717) is 12.1 Å². The normalized spacial score (nSPS) is 25.2. The number of thiophene rings is 1. The Kier molecular flexibility index (Phi) is 4.40. The molecule has 1 saturated heterocycles. The number of nitrogens with one attached hydrogen (secondary N) is 1. The molecule has 19 heavy (non-hydrogen) atoms. The highest BCUT2D eigenvalue weighted by Gasteiger charge is 2.35. The molecule has 2 nitrogen and oxygen atoms in total. The second-order valence-electron chi connectivity index (χ2n) is 5.68. The van der Waals surface area contributed by atoms with Crippen molar-refractivity contribution in [1.82, 2.24) is 10.2 Å². The smallest absolute Gasteiger partial charge is 0.0991 e. The number of halogens is 2. The van der Waals surface area contributed by atoms with Gasteiger partial charge in [-0.05, 0) is 45.2 Å². The Balaban J connectivity index is 1.73. The Bertz CT molecular complexity index is 439. The zero-order valence-corrected chi connectivity index (χ0v) is 13.5. The van der Waals surface area contributed by atoms with Gasteiger partial charge in [-0.3, -0.25) is 4.90 Å². The van der Waals surface area contributed by atoms with Crippen LogP contribution in [0.2, 0.25) is 8.67 Å². The van der Waals surface area contributed by atoms with Crippen LogP contribution in [0.3, 0.4) is 0 Å². The highest BCUT2D eigenvalue weighted by atomic mass is 35.5.